The summed E-state index contributed by atoms with van der Waals surface area (Å²) in [4.78, 5) is 26.3. The molecule has 0 aromatic rings. The number of rotatable bonds is 4. The Morgan fingerprint density at radius 3 is 2.80 bits per heavy atom. The minimum atomic E-state index is -1.19. The van der Waals surface area contributed by atoms with E-state index in [9.17, 15) is 9.59 Å². The zero-order valence-electron chi connectivity index (χ0n) is 8.39. The highest BCUT2D eigenvalue weighted by Crippen LogP contribution is 1.91. The molecule has 0 saturated carbocycles. The van der Waals surface area contributed by atoms with E-state index in [-0.39, 0.29) is 6.61 Å². The molecule has 0 rings (SSSR count). The number of carbonyl (C=O) groups is 2. The molecular formula is C8H11N3O4. The van der Waals surface area contributed by atoms with E-state index in [2.05, 4.69) is 14.7 Å². The van der Waals surface area contributed by atoms with E-state index in [1.807, 2.05) is 5.32 Å². The number of hydrogen-bond acceptors (Lipinski definition) is 6. The molecule has 7 nitrogen and oxygen atoms in total. The second-order valence-corrected chi connectivity index (χ2v) is 2.25. The third-order valence-corrected chi connectivity index (χ3v) is 1.24. The Bertz CT molecular complexity index is 295. The van der Waals surface area contributed by atoms with Gasteiger partial charge >= 0.3 is 6.09 Å². The van der Waals surface area contributed by atoms with Crippen LogP contribution in [-0.4, -0.2) is 31.9 Å². The topological polar surface area (TPSA) is 101 Å². The van der Waals surface area contributed by atoms with Crippen molar-refractivity contribution in [2.45, 2.75) is 6.92 Å². The zero-order valence-corrected chi connectivity index (χ0v) is 8.39. The van der Waals surface area contributed by atoms with Crippen LogP contribution in [0.25, 0.3) is 0 Å². The van der Waals surface area contributed by atoms with E-state index in [1.54, 1.807) is 13.0 Å². The summed E-state index contributed by atoms with van der Waals surface area (Å²) in [6.07, 6.45) is 0.0859. The molecule has 7 heteroatoms. The Morgan fingerprint density at radius 1 is 1.67 bits per heavy atom. The number of ether oxygens (including phenoxy) is 1. The molecule has 0 spiro atoms. The largest absolute Gasteiger partial charge is 0.450 e. The fourth-order valence-electron chi connectivity index (χ4n) is 0.627. The van der Waals surface area contributed by atoms with Crippen molar-refractivity contribution in [2.24, 2.45) is 11.1 Å². The Balaban J connectivity index is 4.23. The van der Waals surface area contributed by atoms with Crippen molar-refractivity contribution in [3.8, 4) is 6.07 Å². The molecule has 0 aliphatic carbocycles. The Morgan fingerprint density at radius 2 is 2.33 bits per heavy atom. The first-order valence-electron chi connectivity index (χ1n) is 4.09. The number of amides is 2. The van der Waals surface area contributed by atoms with E-state index in [0.717, 1.165) is 6.21 Å². The zero-order chi connectivity index (χ0) is 11.7. The summed E-state index contributed by atoms with van der Waals surface area (Å²) in [5.41, 5.74) is 0. The third kappa shape index (κ3) is 5.25. The summed E-state index contributed by atoms with van der Waals surface area (Å²) < 4.78 is 4.46. The highest BCUT2D eigenvalue weighted by Gasteiger charge is 2.18. The molecule has 0 fully saturated rings. The lowest BCUT2D eigenvalue weighted by atomic mass is 10.2. The number of nitrogens with one attached hydrogen (secondary N) is 1. The molecule has 0 saturated heterocycles. The summed E-state index contributed by atoms with van der Waals surface area (Å²) >= 11 is 0. The van der Waals surface area contributed by atoms with Crippen LogP contribution < -0.4 is 5.32 Å². The van der Waals surface area contributed by atoms with E-state index < -0.39 is 17.9 Å². The molecule has 1 atom stereocenters. The molecule has 2 amide bonds. The predicted octanol–water partition coefficient (Wildman–Crippen LogP) is 0.0311. The third-order valence-electron chi connectivity index (χ3n) is 1.24. The second-order valence-electron chi connectivity index (χ2n) is 2.25. The summed E-state index contributed by atoms with van der Waals surface area (Å²) in [5.74, 6) is -1.99. The Labute approximate surface area is 86.6 Å². The van der Waals surface area contributed by atoms with Crippen LogP contribution in [0.2, 0.25) is 0 Å². The van der Waals surface area contributed by atoms with E-state index in [0.29, 0.717) is 0 Å². The number of imide groups is 1. The average molecular weight is 213 g/mol. The van der Waals surface area contributed by atoms with Crippen LogP contribution in [0.4, 0.5) is 4.79 Å². The van der Waals surface area contributed by atoms with Crippen molar-refractivity contribution >= 4 is 18.2 Å². The quantitative estimate of drug-likeness (QED) is 0.524. The van der Waals surface area contributed by atoms with Crippen molar-refractivity contribution < 1.29 is 19.2 Å². The molecule has 0 aromatic heterocycles. The summed E-state index contributed by atoms with van der Waals surface area (Å²) in [5, 5.41) is 13.7. The normalized spacial score (nSPS) is 11.5. The van der Waals surface area contributed by atoms with Crippen LogP contribution in [0, 0.1) is 17.2 Å². The van der Waals surface area contributed by atoms with Crippen molar-refractivity contribution in [3.63, 3.8) is 0 Å². The maximum atomic E-state index is 11.2. The number of carbonyl (C=O) groups excluding carboxylic acids is 2. The van der Waals surface area contributed by atoms with Crippen molar-refractivity contribution in [1.29, 1.82) is 5.26 Å². The number of alkyl carbamates (subject to hydrolysis) is 1. The maximum absolute atomic E-state index is 11.2. The van der Waals surface area contributed by atoms with Gasteiger partial charge in [-0.05, 0) is 6.92 Å². The number of hydrogen-bond donors (Lipinski definition) is 1. The minimum absolute atomic E-state index is 0.141. The van der Waals surface area contributed by atoms with Crippen LogP contribution in [0.3, 0.4) is 0 Å². The van der Waals surface area contributed by atoms with Gasteiger partial charge < -0.3 is 9.57 Å². The van der Waals surface area contributed by atoms with Gasteiger partial charge in [0.05, 0.1) is 18.9 Å². The minimum Gasteiger partial charge on any atom is -0.450 e. The van der Waals surface area contributed by atoms with Crippen LogP contribution in [0.1, 0.15) is 6.92 Å². The highest BCUT2D eigenvalue weighted by molar-refractivity contribution is 6.02. The molecule has 0 bridgehead atoms. The number of nitriles is 1. The molecule has 82 valence electrons. The highest BCUT2D eigenvalue weighted by atomic mass is 16.6. The summed E-state index contributed by atoms with van der Waals surface area (Å²) in [6.45, 7) is 1.74. The standard InChI is InChI=1S/C8H11N3O4/c1-3-15-8(13)11-7(12)6(4-9)5-10-14-2/h5-6H,3H2,1-2H3,(H,11,12,13)/b10-5-/t6-/m0/s1. The lowest BCUT2D eigenvalue weighted by molar-refractivity contribution is -0.121. The average Bonchev–Trinajstić information content (AvgIpc) is 2.19. The van der Waals surface area contributed by atoms with Gasteiger partial charge in [0.2, 0.25) is 0 Å². The van der Waals surface area contributed by atoms with Gasteiger partial charge in [0.1, 0.15) is 7.11 Å². The first-order chi connectivity index (χ1) is 7.15. The molecule has 1 N–H and O–H groups in total. The van der Waals surface area contributed by atoms with Crippen molar-refractivity contribution in [3.05, 3.63) is 0 Å². The van der Waals surface area contributed by atoms with Crippen LogP contribution >= 0.6 is 0 Å². The fourth-order valence-corrected chi connectivity index (χ4v) is 0.627. The number of nitrogens with zero attached hydrogens (tertiary/aromatic N) is 2. The number of oxime groups is 1. The van der Waals surface area contributed by atoms with Crippen LogP contribution in [0.5, 0.6) is 0 Å². The van der Waals surface area contributed by atoms with E-state index in [1.165, 1.54) is 7.11 Å². The van der Waals surface area contributed by atoms with Gasteiger partial charge in [0.15, 0.2) is 5.92 Å². The molecule has 0 heterocycles. The molecule has 15 heavy (non-hydrogen) atoms. The lowest BCUT2D eigenvalue weighted by Gasteiger charge is -2.04. The van der Waals surface area contributed by atoms with Gasteiger partial charge in [-0.3, -0.25) is 10.1 Å². The first kappa shape index (κ1) is 12.9. The molecule has 0 aromatic carbocycles. The lowest BCUT2D eigenvalue weighted by Crippen LogP contribution is -2.36. The summed E-state index contributed by atoms with van der Waals surface area (Å²) in [7, 11) is 1.27. The SMILES string of the molecule is CCOC(=O)NC(=O)[C@@H](C#N)/C=N\OC. The first-order valence-corrected chi connectivity index (χ1v) is 4.09. The maximum Gasteiger partial charge on any atom is 0.413 e. The van der Waals surface area contributed by atoms with Gasteiger partial charge in [0.25, 0.3) is 5.91 Å². The van der Waals surface area contributed by atoms with Crippen LogP contribution in [-0.2, 0) is 14.4 Å². The smallest absolute Gasteiger partial charge is 0.413 e. The van der Waals surface area contributed by atoms with Crippen molar-refractivity contribution in [2.75, 3.05) is 13.7 Å². The molecule has 0 aliphatic heterocycles. The molecule has 0 unspecified atom stereocenters. The Kier molecular flexibility index (Phi) is 6.29. The van der Waals surface area contributed by atoms with Crippen LogP contribution in [0.15, 0.2) is 5.16 Å². The summed E-state index contributed by atoms with van der Waals surface area (Å²) in [6, 6.07) is 1.63. The second kappa shape index (κ2) is 7.32. The Hall–Kier alpha value is -2.10. The molecule has 0 aliphatic rings. The van der Waals surface area contributed by atoms with Gasteiger partial charge in [0, 0.05) is 0 Å². The van der Waals surface area contributed by atoms with Crippen molar-refractivity contribution in [1.82, 2.24) is 5.32 Å². The van der Waals surface area contributed by atoms with Gasteiger partial charge in [-0.1, -0.05) is 5.16 Å². The molecular weight excluding hydrogens is 202 g/mol. The van der Waals surface area contributed by atoms with Gasteiger partial charge in [-0.25, -0.2) is 4.79 Å². The van der Waals surface area contributed by atoms with Gasteiger partial charge in [-0.2, -0.15) is 5.26 Å². The van der Waals surface area contributed by atoms with Gasteiger partial charge in [-0.15, -0.1) is 0 Å². The monoisotopic (exact) mass is 213 g/mol. The fraction of sp³-hybridized carbons (Fsp3) is 0.500. The van der Waals surface area contributed by atoms with E-state index in [4.69, 9.17) is 5.26 Å². The molecule has 0 radical (unpaired) electrons. The van der Waals surface area contributed by atoms with E-state index >= 15 is 0 Å². The predicted molar refractivity (Wildman–Crippen MR) is 49.8 cm³/mol.